The summed E-state index contributed by atoms with van der Waals surface area (Å²) in [4.78, 5) is 40.8. The number of imidazole rings is 1. The first kappa shape index (κ1) is 19.0. The second-order valence-corrected chi connectivity index (χ2v) is 7.69. The number of aliphatic carboxylic acids is 1. The van der Waals surface area contributed by atoms with Crippen LogP contribution in [0.15, 0.2) is 39.0 Å². The van der Waals surface area contributed by atoms with Gasteiger partial charge in [-0.15, -0.1) is 0 Å². The number of aromatic nitrogens is 4. The summed E-state index contributed by atoms with van der Waals surface area (Å²) in [6, 6.07) is 7.75. The molecule has 2 heterocycles. The molecule has 2 aromatic heterocycles. The summed E-state index contributed by atoms with van der Waals surface area (Å²) < 4.78 is 4.04. The molecule has 0 saturated heterocycles. The van der Waals surface area contributed by atoms with Gasteiger partial charge in [-0.05, 0) is 25.0 Å². The summed E-state index contributed by atoms with van der Waals surface area (Å²) >= 11 is 1.05. The predicted molar refractivity (Wildman–Crippen MR) is 103 cm³/mol. The van der Waals surface area contributed by atoms with Crippen LogP contribution < -0.4 is 11.2 Å². The second-order valence-electron chi connectivity index (χ2n) is 6.38. The second kappa shape index (κ2) is 7.07. The summed E-state index contributed by atoms with van der Waals surface area (Å²) in [7, 11) is 2.96. The molecule has 0 spiro atoms. The molecule has 0 bridgehead atoms. The minimum atomic E-state index is -0.976. The predicted octanol–water partition coefficient (Wildman–Crippen LogP) is 1.36. The lowest BCUT2D eigenvalue weighted by atomic mass is 10.1. The quantitative estimate of drug-likeness (QED) is 0.663. The van der Waals surface area contributed by atoms with Gasteiger partial charge in [0.2, 0.25) is 0 Å². The third-order valence-corrected chi connectivity index (χ3v) is 5.61. The number of hydrogen-bond acceptors (Lipinski definition) is 5. The van der Waals surface area contributed by atoms with Crippen LogP contribution in [0.4, 0.5) is 0 Å². The van der Waals surface area contributed by atoms with Crippen molar-refractivity contribution < 1.29 is 9.90 Å². The zero-order valence-electron chi connectivity index (χ0n) is 15.5. The zero-order valence-corrected chi connectivity index (χ0v) is 16.3. The molecule has 1 N–H and O–H groups in total. The van der Waals surface area contributed by atoms with Gasteiger partial charge in [-0.1, -0.05) is 36.0 Å². The average molecular weight is 388 g/mol. The maximum atomic E-state index is 12.8. The highest BCUT2D eigenvalue weighted by molar-refractivity contribution is 8.00. The largest absolute Gasteiger partial charge is 0.480 e. The van der Waals surface area contributed by atoms with Gasteiger partial charge in [0.25, 0.3) is 5.56 Å². The molecule has 3 aromatic rings. The van der Waals surface area contributed by atoms with Crippen LogP contribution in [0, 0.1) is 6.92 Å². The lowest BCUT2D eigenvalue weighted by molar-refractivity contribution is -0.136. The van der Waals surface area contributed by atoms with Crippen molar-refractivity contribution in [2.75, 3.05) is 0 Å². The molecule has 142 valence electrons. The standard InChI is InChI=1S/C18H20N4O4S/c1-10-7-5-6-8-12(10)9-22-13-14(19-17(22)27-11(2)16(24)25)20(3)18(26)21(4)15(13)23/h5-8,11H,9H2,1-4H3,(H,24,25)/t11-/m0/s1. The van der Waals surface area contributed by atoms with Crippen LogP contribution in [-0.2, 0) is 25.4 Å². The summed E-state index contributed by atoms with van der Waals surface area (Å²) in [6.07, 6.45) is 0. The minimum absolute atomic E-state index is 0.247. The number of benzene rings is 1. The van der Waals surface area contributed by atoms with Crippen LogP contribution in [0.25, 0.3) is 11.2 Å². The number of nitrogens with zero attached hydrogens (tertiary/aromatic N) is 4. The Labute approximate surface area is 159 Å². The number of fused-ring (bicyclic) bond motifs is 1. The highest BCUT2D eigenvalue weighted by Gasteiger charge is 2.23. The van der Waals surface area contributed by atoms with E-state index in [1.165, 1.54) is 11.6 Å². The summed E-state index contributed by atoms with van der Waals surface area (Å²) in [6.45, 7) is 3.88. The van der Waals surface area contributed by atoms with E-state index in [0.717, 1.165) is 27.5 Å². The van der Waals surface area contributed by atoms with Gasteiger partial charge >= 0.3 is 11.7 Å². The molecule has 27 heavy (non-hydrogen) atoms. The van der Waals surface area contributed by atoms with E-state index in [1.54, 1.807) is 18.5 Å². The maximum Gasteiger partial charge on any atom is 0.332 e. The molecule has 1 aromatic carbocycles. The Kier molecular flexibility index (Phi) is 4.97. The molecule has 0 aliphatic carbocycles. The molecule has 9 heteroatoms. The molecule has 0 radical (unpaired) electrons. The number of carboxylic acids is 1. The van der Waals surface area contributed by atoms with E-state index in [1.807, 2.05) is 31.2 Å². The van der Waals surface area contributed by atoms with Gasteiger partial charge in [-0.2, -0.15) is 0 Å². The van der Waals surface area contributed by atoms with E-state index in [-0.39, 0.29) is 11.2 Å². The zero-order chi connectivity index (χ0) is 19.9. The van der Waals surface area contributed by atoms with Crippen LogP contribution in [0.3, 0.4) is 0 Å². The number of aryl methyl sites for hydroxylation is 2. The van der Waals surface area contributed by atoms with Gasteiger partial charge in [-0.25, -0.2) is 9.78 Å². The van der Waals surface area contributed by atoms with Gasteiger partial charge in [0.15, 0.2) is 16.3 Å². The highest BCUT2D eigenvalue weighted by Crippen LogP contribution is 2.27. The van der Waals surface area contributed by atoms with E-state index in [9.17, 15) is 19.5 Å². The van der Waals surface area contributed by atoms with Crippen molar-refractivity contribution in [2.45, 2.75) is 30.8 Å². The Balaban J connectivity index is 2.30. The van der Waals surface area contributed by atoms with Crippen molar-refractivity contribution in [3.05, 3.63) is 56.2 Å². The Hall–Kier alpha value is -2.81. The van der Waals surface area contributed by atoms with Crippen molar-refractivity contribution in [1.82, 2.24) is 18.7 Å². The summed E-state index contributed by atoms with van der Waals surface area (Å²) in [5.74, 6) is -0.976. The number of hydrogen-bond donors (Lipinski definition) is 1. The van der Waals surface area contributed by atoms with Crippen LogP contribution in [0.1, 0.15) is 18.1 Å². The van der Waals surface area contributed by atoms with E-state index in [2.05, 4.69) is 4.98 Å². The maximum absolute atomic E-state index is 12.8. The van der Waals surface area contributed by atoms with Crippen molar-refractivity contribution in [3.8, 4) is 0 Å². The smallest absolute Gasteiger partial charge is 0.332 e. The monoisotopic (exact) mass is 388 g/mol. The normalized spacial score (nSPS) is 12.4. The average Bonchev–Trinajstić information content (AvgIpc) is 2.98. The van der Waals surface area contributed by atoms with Crippen LogP contribution >= 0.6 is 11.8 Å². The molecule has 0 unspecified atom stereocenters. The molecule has 3 rings (SSSR count). The molecule has 0 aliphatic rings. The van der Waals surface area contributed by atoms with Crippen molar-refractivity contribution in [1.29, 1.82) is 0 Å². The first-order valence-electron chi connectivity index (χ1n) is 8.32. The van der Waals surface area contributed by atoms with E-state index < -0.39 is 22.5 Å². The lowest BCUT2D eigenvalue weighted by Crippen LogP contribution is -2.37. The Morgan fingerprint density at radius 1 is 1.22 bits per heavy atom. The van der Waals surface area contributed by atoms with Gasteiger partial charge in [0.1, 0.15) is 5.25 Å². The topological polar surface area (TPSA) is 99.1 Å². The van der Waals surface area contributed by atoms with Gasteiger partial charge in [-0.3, -0.25) is 18.7 Å². The fourth-order valence-electron chi connectivity index (χ4n) is 2.83. The van der Waals surface area contributed by atoms with Crippen LogP contribution in [-0.4, -0.2) is 35.0 Å². The highest BCUT2D eigenvalue weighted by atomic mass is 32.2. The molecular weight excluding hydrogens is 368 g/mol. The molecule has 8 nitrogen and oxygen atoms in total. The minimum Gasteiger partial charge on any atom is -0.480 e. The van der Waals surface area contributed by atoms with Crippen molar-refractivity contribution in [3.63, 3.8) is 0 Å². The number of carbonyl (C=O) groups is 1. The number of rotatable bonds is 5. The molecule has 1 atom stereocenters. The number of thioether (sulfide) groups is 1. The fraction of sp³-hybridized carbons (Fsp3) is 0.333. The van der Waals surface area contributed by atoms with Crippen molar-refractivity contribution >= 4 is 28.9 Å². The van der Waals surface area contributed by atoms with E-state index in [0.29, 0.717) is 11.7 Å². The first-order valence-corrected chi connectivity index (χ1v) is 9.20. The van der Waals surface area contributed by atoms with Gasteiger partial charge < -0.3 is 9.67 Å². The summed E-state index contributed by atoms with van der Waals surface area (Å²) in [5, 5.41) is 8.90. The van der Waals surface area contributed by atoms with Crippen LogP contribution in [0.2, 0.25) is 0 Å². The van der Waals surface area contributed by atoms with Gasteiger partial charge in [0, 0.05) is 14.1 Å². The van der Waals surface area contributed by atoms with E-state index >= 15 is 0 Å². The molecule has 0 saturated carbocycles. The molecular formula is C18H20N4O4S. The third kappa shape index (κ3) is 3.30. The Morgan fingerprint density at radius 3 is 2.52 bits per heavy atom. The molecule has 0 aliphatic heterocycles. The Bertz CT molecular complexity index is 1160. The number of carboxylic acid groups (broad SMARTS) is 1. The molecule has 0 fully saturated rings. The fourth-order valence-corrected chi connectivity index (χ4v) is 3.67. The van der Waals surface area contributed by atoms with Crippen molar-refractivity contribution in [2.24, 2.45) is 14.1 Å². The van der Waals surface area contributed by atoms with E-state index in [4.69, 9.17) is 0 Å². The molecule has 0 amide bonds. The Morgan fingerprint density at radius 2 is 1.89 bits per heavy atom. The SMILES string of the molecule is Cc1ccccc1Cn1c(S[C@@H](C)C(=O)O)nc2c1c(=O)n(C)c(=O)n2C. The lowest BCUT2D eigenvalue weighted by Gasteiger charge is -2.12. The summed E-state index contributed by atoms with van der Waals surface area (Å²) in [5.41, 5.74) is 1.63. The van der Waals surface area contributed by atoms with Gasteiger partial charge in [0.05, 0.1) is 6.54 Å². The first-order chi connectivity index (χ1) is 12.7. The van der Waals surface area contributed by atoms with Crippen LogP contribution in [0.5, 0.6) is 0 Å². The third-order valence-electron chi connectivity index (χ3n) is 4.53.